The van der Waals surface area contributed by atoms with Gasteiger partial charge in [0.2, 0.25) is 0 Å². The summed E-state index contributed by atoms with van der Waals surface area (Å²) in [7, 11) is 0. The molecule has 1 spiro atoms. The summed E-state index contributed by atoms with van der Waals surface area (Å²) in [6.07, 6.45) is 6.49. The smallest absolute Gasteiger partial charge is 0.305 e. The van der Waals surface area contributed by atoms with Crippen LogP contribution in [0.4, 0.5) is 10.5 Å². The molecule has 1 saturated carbocycles. The number of aromatic nitrogens is 1. The monoisotopic (exact) mass is 394 g/mol. The van der Waals surface area contributed by atoms with Crippen molar-refractivity contribution >= 4 is 29.2 Å². The first-order valence-corrected chi connectivity index (χ1v) is 9.61. The number of amides is 3. The molecule has 3 amide bonds. The van der Waals surface area contributed by atoms with E-state index in [9.17, 15) is 14.9 Å². The Kier molecular flexibility index (Phi) is 4.56. The summed E-state index contributed by atoms with van der Waals surface area (Å²) in [5.74, 6) is -0.201. The van der Waals surface area contributed by atoms with Gasteiger partial charge in [-0.2, -0.15) is 5.26 Å². The number of pyridine rings is 1. The van der Waals surface area contributed by atoms with Gasteiger partial charge in [0.1, 0.15) is 11.6 Å². The minimum absolute atomic E-state index is 0.201. The Bertz CT molecular complexity index is 993. The molecular weight excluding hydrogens is 376 g/mol. The van der Waals surface area contributed by atoms with E-state index in [-0.39, 0.29) is 17.0 Å². The van der Waals surface area contributed by atoms with Gasteiger partial charge in [0, 0.05) is 18.9 Å². The molecule has 7 heteroatoms. The molecule has 1 aromatic carbocycles. The van der Waals surface area contributed by atoms with Gasteiger partial charge in [-0.1, -0.05) is 24.4 Å². The zero-order chi connectivity index (χ0) is 19.9. The third kappa shape index (κ3) is 2.66. The van der Waals surface area contributed by atoms with Gasteiger partial charge in [-0.3, -0.25) is 9.78 Å². The number of hydrogen-bond acceptors (Lipinski definition) is 4. The molecule has 0 bridgehead atoms. The number of rotatable bonds is 3. The first kappa shape index (κ1) is 18.5. The van der Waals surface area contributed by atoms with Gasteiger partial charge >= 0.3 is 6.03 Å². The normalized spacial score (nSPS) is 18.2. The number of halogens is 1. The molecule has 6 nitrogen and oxygen atoms in total. The maximum atomic E-state index is 13.5. The third-order valence-corrected chi connectivity index (χ3v) is 6.27. The zero-order valence-corrected chi connectivity index (χ0v) is 16.2. The summed E-state index contributed by atoms with van der Waals surface area (Å²) < 4.78 is 0. The van der Waals surface area contributed by atoms with Crippen LogP contribution in [0, 0.1) is 18.3 Å². The van der Waals surface area contributed by atoms with E-state index in [0.29, 0.717) is 36.2 Å². The summed E-state index contributed by atoms with van der Waals surface area (Å²) >= 11 is 6.30. The van der Waals surface area contributed by atoms with E-state index in [1.54, 1.807) is 36.4 Å². The number of carbonyl (C=O) groups is 2. The molecular formula is C21H19ClN4O2. The fourth-order valence-corrected chi connectivity index (χ4v) is 4.47. The van der Waals surface area contributed by atoms with E-state index in [4.69, 9.17) is 11.6 Å². The number of nitrogens with zero attached hydrogens (tertiary/aromatic N) is 4. The summed E-state index contributed by atoms with van der Waals surface area (Å²) in [4.78, 5) is 33.9. The van der Waals surface area contributed by atoms with Crippen LogP contribution in [-0.2, 0) is 11.3 Å². The maximum Gasteiger partial charge on any atom is 0.332 e. The molecule has 4 rings (SSSR count). The van der Waals surface area contributed by atoms with E-state index >= 15 is 0 Å². The largest absolute Gasteiger partial charge is 0.332 e. The fourth-order valence-electron chi connectivity index (χ4n) is 4.26. The molecule has 0 unspecified atom stereocenters. The van der Waals surface area contributed by atoms with Gasteiger partial charge in [0.05, 0.1) is 16.3 Å². The fraction of sp³-hybridized carbons (Fsp3) is 0.333. The van der Waals surface area contributed by atoms with Crippen LogP contribution < -0.4 is 4.90 Å². The molecule has 2 aromatic rings. The molecule has 1 aromatic heterocycles. The van der Waals surface area contributed by atoms with Gasteiger partial charge in [-0.25, -0.2) is 9.69 Å². The topological polar surface area (TPSA) is 77.3 Å². The van der Waals surface area contributed by atoms with Crippen LogP contribution in [0.15, 0.2) is 36.7 Å². The van der Waals surface area contributed by atoms with Crippen molar-refractivity contribution in [3.05, 3.63) is 58.4 Å². The Labute approximate surface area is 168 Å². The van der Waals surface area contributed by atoms with E-state index < -0.39 is 5.54 Å². The molecule has 0 atom stereocenters. The van der Waals surface area contributed by atoms with E-state index in [2.05, 4.69) is 4.98 Å². The Hall–Kier alpha value is -2.91. The molecule has 1 aliphatic carbocycles. The van der Waals surface area contributed by atoms with Gasteiger partial charge in [-0.15, -0.1) is 0 Å². The standard InChI is InChI=1S/C21H19ClN4O2/c1-14-17(5-4-16(12-23)18(14)22)26-19(27)21(8-2-3-9-21)25(20(26)28)13-15-6-10-24-11-7-15/h4-7,10-11H,2-3,8-9,13H2,1H3. The number of urea groups is 1. The third-order valence-electron chi connectivity index (χ3n) is 5.78. The highest BCUT2D eigenvalue weighted by Gasteiger charge is 2.58. The summed E-state index contributed by atoms with van der Waals surface area (Å²) in [5, 5.41) is 9.45. The van der Waals surface area contributed by atoms with Crippen LogP contribution in [0.25, 0.3) is 0 Å². The lowest BCUT2D eigenvalue weighted by atomic mass is 9.95. The van der Waals surface area contributed by atoms with Crippen LogP contribution in [0.2, 0.25) is 5.02 Å². The van der Waals surface area contributed by atoms with Crippen molar-refractivity contribution in [1.29, 1.82) is 5.26 Å². The average molecular weight is 395 g/mol. The molecule has 142 valence electrons. The molecule has 2 heterocycles. The zero-order valence-electron chi connectivity index (χ0n) is 15.5. The van der Waals surface area contributed by atoms with Crippen molar-refractivity contribution in [3.63, 3.8) is 0 Å². The Morgan fingerprint density at radius 3 is 2.50 bits per heavy atom. The second kappa shape index (κ2) is 6.92. The van der Waals surface area contributed by atoms with Crippen LogP contribution in [0.3, 0.4) is 0 Å². The maximum absolute atomic E-state index is 13.5. The second-order valence-electron chi connectivity index (χ2n) is 7.29. The summed E-state index contributed by atoms with van der Waals surface area (Å²) in [6, 6.07) is 8.58. The number of hydrogen-bond donors (Lipinski definition) is 0. The van der Waals surface area contributed by atoms with Crippen LogP contribution >= 0.6 is 11.6 Å². The Morgan fingerprint density at radius 1 is 1.18 bits per heavy atom. The first-order valence-electron chi connectivity index (χ1n) is 9.24. The van der Waals surface area contributed by atoms with Crippen molar-refractivity contribution in [3.8, 4) is 6.07 Å². The highest BCUT2D eigenvalue weighted by molar-refractivity contribution is 6.33. The number of imide groups is 1. The summed E-state index contributed by atoms with van der Waals surface area (Å²) in [5.41, 5.74) is 1.45. The van der Waals surface area contributed by atoms with Crippen LogP contribution in [0.1, 0.15) is 42.4 Å². The SMILES string of the molecule is Cc1c(N2C(=O)N(Cc3ccncc3)C3(CCCC3)C2=O)ccc(C#N)c1Cl. The Balaban J connectivity index is 1.78. The molecule has 2 fully saturated rings. The molecule has 2 aliphatic rings. The highest BCUT2D eigenvalue weighted by Crippen LogP contribution is 2.45. The first-order chi connectivity index (χ1) is 13.5. The van der Waals surface area contributed by atoms with Crippen molar-refractivity contribution in [1.82, 2.24) is 9.88 Å². The van der Waals surface area contributed by atoms with E-state index in [1.165, 1.54) is 4.90 Å². The molecule has 0 radical (unpaired) electrons. The van der Waals surface area contributed by atoms with Crippen molar-refractivity contribution in [2.75, 3.05) is 4.90 Å². The molecule has 28 heavy (non-hydrogen) atoms. The van der Waals surface area contributed by atoms with Crippen LogP contribution in [-0.4, -0.2) is 27.4 Å². The lowest BCUT2D eigenvalue weighted by molar-refractivity contribution is -0.124. The number of benzene rings is 1. The number of carbonyl (C=O) groups excluding carboxylic acids is 2. The lowest BCUT2D eigenvalue weighted by Gasteiger charge is -2.31. The van der Waals surface area contributed by atoms with Crippen molar-refractivity contribution < 1.29 is 9.59 Å². The average Bonchev–Trinajstić information content (AvgIpc) is 3.27. The Morgan fingerprint density at radius 2 is 1.86 bits per heavy atom. The van der Waals surface area contributed by atoms with Crippen LogP contribution in [0.5, 0.6) is 0 Å². The molecule has 1 aliphatic heterocycles. The second-order valence-corrected chi connectivity index (χ2v) is 7.66. The van der Waals surface area contributed by atoms with Crippen molar-refractivity contribution in [2.24, 2.45) is 0 Å². The van der Waals surface area contributed by atoms with Gasteiger partial charge in [0.25, 0.3) is 5.91 Å². The quantitative estimate of drug-likeness (QED) is 0.731. The van der Waals surface area contributed by atoms with E-state index in [0.717, 1.165) is 18.4 Å². The number of anilines is 1. The van der Waals surface area contributed by atoms with Gasteiger partial charge in [0.15, 0.2) is 0 Å². The predicted molar refractivity (Wildman–Crippen MR) is 105 cm³/mol. The van der Waals surface area contributed by atoms with Gasteiger partial charge in [-0.05, 0) is 55.2 Å². The van der Waals surface area contributed by atoms with Gasteiger partial charge < -0.3 is 4.90 Å². The summed E-state index contributed by atoms with van der Waals surface area (Å²) in [6.45, 7) is 2.08. The predicted octanol–water partition coefficient (Wildman–Crippen LogP) is 4.20. The highest BCUT2D eigenvalue weighted by atomic mass is 35.5. The minimum atomic E-state index is -0.812. The van der Waals surface area contributed by atoms with Crippen molar-refractivity contribution in [2.45, 2.75) is 44.7 Å². The number of nitriles is 1. The van der Waals surface area contributed by atoms with E-state index in [1.807, 2.05) is 18.2 Å². The lowest BCUT2D eigenvalue weighted by Crippen LogP contribution is -2.47. The molecule has 0 N–H and O–H groups in total. The minimum Gasteiger partial charge on any atom is -0.305 e. The molecule has 1 saturated heterocycles.